The highest BCUT2D eigenvalue weighted by Crippen LogP contribution is 2.24. The molecular formula is C13H19FN2O2Si. The highest BCUT2D eigenvalue weighted by Gasteiger charge is 2.20. The molecule has 19 heavy (non-hydrogen) atoms. The summed E-state index contributed by atoms with van der Waals surface area (Å²) in [6.07, 6.45) is 1.88. The fourth-order valence-electron chi connectivity index (χ4n) is 1.54. The zero-order valence-corrected chi connectivity index (χ0v) is 12.6. The Hall–Kier alpha value is -1.69. The van der Waals surface area contributed by atoms with E-state index in [1.807, 2.05) is 5.70 Å². The van der Waals surface area contributed by atoms with Crippen molar-refractivity contribution in [2.24, 2.45) is 0 Å². The largest absolute Gasteiger partial charge is 0.476 e. The molecule has 0 aliphatic rings. The minimum Gasteiger partial charge on any atom is -0.476 e. The molecule has 1 aromatic rings. The highest BCUT2D eigenvalue weighted by atomic mass is 28.3. The summed E-state index contributed by atoms with van der Waals surface area (Å²) < 4.78 is 13.9. The molecule has 1 heterocycles. The summed E-state index contributed by atoms with van der Waals surface area (Å²) in [5, 5.41) is 9.17. The molecule has 3 N–H and O–H groups in total. The molecule has 0 radical (unpaired) electrons. The maximum Gasteiger partial charge on any atom is 0.355 e. The lowest BCUT2D eigenvalue weighted by atomic mass is 10.1. The molecule has 6 heteroatoms. The van der Waals surface area contributed by atoms with E-state index in [9.17, 15) is 9.18 Å². The quantitative estimate of drug-likeness (QED) is 0.832. The molecular weight excluding hydrogens is 263 g/mol. The second kappa shape index (κ2) is 5.52. The molecule has 1 aromatic heterocycles. The summed E-state index contributed by atoms with van der Waals surface area (Å²) in [4.78, 5) is 15.1. The van der Waals surface area contributed by atoms with Crippen LogP contribution in [0.25, 0.3) is 6.08 Å². The molecule has 0 amide bonds. The van der Waals surface area contributed by atoms with Crippen LogP contribution in [0.1, 0.15) is 28.7 Å². The topological polar surface area (TPSA) is 76.2 Å². The molecule has 0 saturated heterocycles. The van der Waals surface area contributed by atoms with Gasteiger partial charge in [-0.05, 0) is 6.42 Å². The van der Waals surface area contributed by atoms with Crippen LogP contribution in [0.3, 0.4) is 0 Å². The van der Waals surface area contributed by atoms with Gasteiger partial charge in [-0.3, -0.25) is 0 Å². The predicted molar refractivity (Wildman–Crippen MR) is 77.3 cm³/mol. The van der Waals surface area contributed by atoms with Gasteiger partial charge in [-0.2, -0.15) is 0 Å². The molecule has 0 fully saturated rings. The first-order chi connectivity index (χ1) is 8.67. The summed E-state index contributed by atoms with van der Waals surface area (Å²) in [5.74, 6) is -1.82. The van der Waals surface area contributed by atoms with Gasteiger partial charge >= 0.3 is 5.97 Å². The molecule has 0 unspecified atom stereocenters. The minimum atomic E-state index is -1.54. The normalized spacial score (nSPS) is 12.1. The van der Waals surface area contributed by atoms with E-state index in [-0.39, 0.29) is 22.6 Å². The lowest BCUT2D eigenvalue weighted by Crippen LogP contribution is -2.16. The zero-order valence-electron chi connectivity index (χ0n) is 11.6. The SMILES string of the molecule is CCc1nc(C(=O)O)c(C=C[Si](C)(C)C)c(N)c1F. The number of rotatable bonds is 4. The van der Waals surface area contributed by atoms with Crippen LogP contribution in [-0.2, 0) is 6.42 Å². The van der Waals surface area contributed by atoms with Crippen LogP contribution in [0, 0.1) is 5.82 Å². The van der Waals surface area contributed by atoms with Crippen molar-refractivity contribution >= 4 is 25.8 Å². The number of aromatic carboxylic acids is 1. The Morgan fingerprint density at radius 2 is 2.05 bits per heavy atom. The van der Waals surface area contributed by atoms with Gasteiger partial charge in [0, 0.05) is 5.56 Å². The smallest absolute Gasteiger partial charge is 0.355 e. The lowest BCUT2D eigenvalue weighted by molar-refractivity contribution is 0.0690. The molecule has 0 saturated carbocycles. The molecule has 0 aliphatic heterocycles. The van der Waals surface area contributed by atoms with Crippen molar-refractivity contribution in [3.05, 3.63) is 28.5 Å². The highest BCUT2D eigenvalue weighted by molar-refractivity contribution is 6.81. The Bertz CT molecular complexity index is 536. The van der Waals surface area contributed by atoms with E-state index in [0.29, 0.717) is 6.42 Å². The van der Waals surface area contributed by atoms with Gasteiger partial charge in [0.15, 0.2) is 11.5 Å². The van der Waals surface area contributed by atoms with Crippen molar-refractivity contribution in [1.82, 2.24) is 4.98 Å². The van der Waals surface area contributed by atoms with Crippen LogP contribution in [0.2, 0.25) is 19.6 Å². The number of carbonyl (C=O) groups is 1. The van der Waals surface area contributed by atoms with Crippen LogP contribution in [0.15, 0.2) is 5.70 Å². The Kier molecular flexibility index (Phi) is 4.46. The number of nitrogens with zero attached hydrogens (tertiary/aromatic N) is 1. The van der Waals surface area contributed by atoms with Crippen LogP contribution >= 0.6 is 0 Å². The number of carboxylic acid groups (broad SMARTS) is 1. The number of anilines is 1. The average Bonchev–Trinajstić information content (AvgIpc) is 2.29. The fraction of sp³-hybridized carbons (Fsp3) is 0.385. The van der Waals surface area contributed by atoms with Crippen molar-refractivity contribution in [2.75, 3.05) is 5.73 Å². The Labute approximate surface area is 113 Å². The molecule has 4 nitrogen and oxygen atoms in total. The third-order valence-electron chi connectivity index (χ3n) is 2.57. The van der Waals surface area contributed by atoms with E-state index < -0.39 is 19.9 Å². The monoisotopic (exact) mass is 282 g/mol. The fourth-order valence-corrected chi connectivity index (χ4v) is 2.21. The second-order valence-corrected chi connectivity index (χ2v) is 10.5. The van der Waals surface area contributed by atoms with Gasteiger partial charge in [0.25, 0.3) is 0 Å². The van der Waals surface area contributed by atoms with Crippen molar-refractivity contribution in [1.29, 1.82) is 0 Å². The number of nitrogens with two attached hydrogens (primary N) is 1. The van der Waals surface area contributed by atoms with Gasteiger partial charge in [-0.25, -0.2) is 14.2 Å². The maximum absolute atomic E-state index is 13.9. The first-order valence-electron chi connectivity index (χ1n) is 6.07. The van der Waals surface area contributed by atoms with Crippen molar-refractivity contribution in [3.8, 4) is 0 Å². The molecule has 1 rings (SSSR count). The number of pyridine rings is 1. The average molecular weight is 282 g/mol. The predicted octanol–water partition coefficient (Wildman–Crippen LogP) is 2.95. The van der Waals surface area contributed by atoms with Gasteiger partial charge in [0.2, 0.25) is 0 Å². The number of nitrogen functional groups attached to an aromatic ring is 1. The number of hydrogen-bond donors (Lipinski definition) is 2. The van der Waals surface area contributed by atoms with Gasteiger partial charge in [0.1, 0.15) is 0 Å². The number of aromatic nitrogens is 1. The molecule has 0 bridgehead atoms. The molecule has 0 aromatic carbocycles. The van der Waals surface area contributed by atoms with Crippen molar-refractivity contribution < 1.29 is 14.3 Å². The van der Waals surface area contributed by atoms with E-state index in [0.717, 1.165) is 0 Å². The van der Waals surface area contributed by atoms with E-state index in [2.05, 4.69) is 24.6 Å². The van der Waals surface area contributed by atoms with Crippen molar-refractivity contribution in [2.45, 2.75) is 33.0 Å². The summed E-state index contributed by atoms with van der Waals surface area (Å²) in [7, 11) is -1.54. The number of hydrogen-bond acceptors (Lipinski definition) is 3. The van der Waals surface area contributed by atoms with Crippen molar-refractivity contribution in [3.63, 3.8) is 0 Å². The van der Waals surface area contributed by atoms with Gasteiger partial charge in [-0.15, -0.1) is 0 Å². The number of carboxylic acids is 1. The van der Waals surface area contributed by atoms with E-state index in [4.69, 9.17) is 10.8 Å². The van der Waals surface area contributed by atoms with Gasteiger partial charge in [0.05, 0.1) is 19.5 Å². The minimum absolute atomic E-state index is 0.0834. The summed E-state index contributed by atoms with van der Waals surface area (Å²) in [6.45, 7) is 7.97. The Balaban J connectivity index is 3.49. The summed E-state index contributed by atoms with van der Waals surface area (Å²) in [6, 6.07) is 0. The van der Waals surface area contributed by atoms with Crippen LogP contribution < -0.4 is 5.73 Å². The molecule has 104 valence electrons. The first kappa shape index (κ1) is 15.4. The van der Waals surface area contributed by atoms with Gasteiger partial charge < -0.3 is 10.8 Å². The lowest BCUT2D eigenvalue weighted by Gasteiger charge is -2.12. The third-order valence-corrected chi connectivity index (χ3v) is 3.74. The van der Waals surface area contributed by atoms with E-state index >= 15 is 0 Å². The number of aryl methyl sites for hydroxylation is 1. The summed E-state index contributed by atoms with van der Waals surface area (Å²) >= 11 is 0. The molecule has 0 aliphatic carbocycles. The van der Waals surface area contributed by atoms with Crippen LogP contribution in [-0.4, -0.2) is 24.1 Å². The zero-order chi connectivity index (χ0) is 14.8. The van der Waals surface area contributed by atoms with Crippen LogP contribution in [0.5, 0.6) is 0 Å². The second-order valence-electron chi connectivity index (χ2n) is 5.41. The third kappa shape index (κ3) is 3.63. The first-order valence-corrected chi connectivity index (χ1v) is 9.65. The number of halogens is 1. The van der Waals surface area contributed by atoms with Crippen LogP contribution in [0.4, 0.5) is 10.1 Å². The standard InChI is InChI=1S/C13H19FN2O2Si/c1-5-9-10(14)11(15)8(6-7-19(2,3)4)12(16-9)13(17)18/h6-7H,5H2,1-4H3,(H2,15,16)(H,17,18). The van der Waals surface area contributed by atoms with E-state index in [1.54, 1.807) is 13.0 Å². The van der Waals surface area contributed by atoms with Gasteiger partial charge in [-0.1, -0.05) is 38.3 Å². The molecule has 0 atom stereocenters. The summed E-state index contributed by atoms with van der Waals surface area (Å²) in [5.41, 5.74) is 7.54. The molecule has 0 spiro atoms. The van der Waals surface area contributed by atoms with E-state index in [1.165, 1.54) is 0 Å². The maximum atomic E-state index is 13.9. The Morgan fingerprint density at radius 3 is 2.47 bits per heavy atom. The Morgan fingerprint density at radius 1 is 1.47 bits per heavy atom.